The Morgan fingerprint density at radius 1 is 1.03 bits per heavy atom. The third kappa shape index (κ3) is 3.84. The number of amides is 1. The average molecular weight is 397 g/mol. The van der Waals surface area contributed by atoms with Crippen LogP contribution < -0.4 is 18.9 Å². The van der Waals surface area contributed by atoms with E-state index in [0.29, 0.717) is 37.8 Å². The van der Waals surface area contributed by atoms with Gasteiger partial charge in [0.25, 0.3) is 5.91 Å². The van der Waals surface area contributed by atoms with Gasteiger partial charge < -0.3 is 23.8 Å². The Balaban J connectivity index is 1.53. The number of benzene rings is 2. The van der Waals surface area contributed by atoms with Gasteiger partial charge in [-0.2, -0.15) is 0 Å². The van der Waals surface area contributed by atoms with Gasteiger partial charge in [0, 0.05) is 13.1 Å². The molecule has 0 radical (unpaired) electrons. The maximum atomic E-state index is 13.2. The third-order valence-corrected chi connectivity index (χ3v) is 5.28. The second-order valence-corrected chi connectivity index (χ2v) is 7.25. The van der Waals surface area contributed by atoms with E-state index < -0.39 is 6.10 Å². The predicted octanol–water partition coefficient (Wildman–Crippen LogP) is 3.60. The summed E-state index contributed by atoms with van der Waals surface area (Å²) in [7, 11) is 0. The molecular formula is C23H27NO5. The van der Waals surface area contributed by atoms with Crippen LogP contribution in [0.2, 0.25) is 0 Å². The van der Waals surface area contributed by atoms with E-state index in [1.165, 1.54) is 5.56 Å². The van der Waals surface area contributed by atoms with Crippen LogP contribution in [0.1, 0.15) is 31.9 Å². The van der Waals surface area contributed by atoms with Crippen LogP contribution in [0.15, 0.2) is 36.4 Å². The molecule has 2 atom stereocenters. The number of carbonyl (C=O) groups is 1. The molecule has 154 valence electrons. The Kier molecular flexibility index (Phi) is 5.51. The zero-order chi connectivity index (χ0) is 20.4. The zero-order valence-corrected chi connectivity index (χ0v) is 17.1. The third-order valence-electron chi connectivity index (χ3n) is 5.28. The van der Waals surface area contributed by atoms with E-state index in [4.69, 9.17) is 18.9 Å². The van der Waals surface area contributed by atoms with E-state index in [9.17, 15) is 4.79 Å². The monoisotopic (exact) mass is 397 g/mol. The average Bonchev–Trinajstić information content (AvgIpc) is 2.73. The summed E-state index contributed by atoms with van der Waals surface area (Å²) in [6.07, 6.45) is -0.231. The minimum atomic E-state index is -0.652. The van der Waals surface area contributed by atoms with Crippen LogP contribution >= 0.6 is 0 Å². The second-order valence-electron chi connectivity index (χ2n) is 7.25. The van der Waals surface area contributed by atoms with Crippen molar-refractivity contribution in [1.29, 1.82) is 0 Å². The molecule has 6 heteroatoms. The van der Waals surface area contributed by atoms with E-state index in [0.717, 1.165) is 23.5 Å². The summed E-state index contributed by atoms with van der Waals surface area (Å²) in [5.74, 6) is 2.73. The van der Waals surface area contributed by atoms with Crippen molar-refractivity contribution in [3.05, 3.63) is 47.5 Å². The van der Waals surface area contributed by atoms with Crippen molar-refractivity contribution >= 4 is 5.91 Å². The highest BCUT2D eigenvalue weighted by Gasteiger charge is 2.37. The zero-order valence-electron chi connectivity index (χ0n) is 17.1. The molecule has 2 aromatic carbocycles. The molecule has 2 unspecified atom stereocenters. The first-order valence-electron chi connectivity index (χ1n) is 10.2. The molecule has 0 N–H and O–H groups in total. The molecule has 0 bridgehead atoms. The van der Waals surface area contributed by atoms with Crippen LogP contribution in [0.5, 0.6) is 23.0 Å². The number of nitrogens with zero attached hydrogens (tertiary/aromatic N) is 1. The summed E-state index contributed by atoms with van der Waals surface area (Å²) in [5.41, 5.74) is 2.28. The Bertz CT molecular complexity index is 897. The lowest BCUT2D eigenvalue weighted by Gasteiger charge is -2.36. The molecule has 0 aliphatic carbocycles. The maximum Gasteiger partial charge on any atom is 0.267 e. The first-order chi connectivity index (χ1) is 14.1. The van der Waals surface area contributed by atoms with Crippen molar-refractivity contribution < 1.29 is 23.7 Å². The van der Waals surface area contributed by atoms with E-state index in [2.05, 4.69) is 0 Å². The van der Waals surface area contributed by atoms with Crippen LogP contribution in [0.25, 0.3) is 0 Å². The molecule has 0 saturated carbocycles. The summed E-state index contributed by atoms with van der Waals surface area (Å²) >= 11 is 0. The lowest BCUT2D eigenvalue weighted by atomic mass is 9.98. The van der Waals surface area contributed by atoms with Crippen molar-refractivity contribution in [2.75, 3.05) is 19.8 Å². The second kappa shape index (κ2) is 8.23. The van der Waals surface area contributed by atoms with Gasteiger partial charge in [-0.05, 0) is 62.6 Å². The van der Waals surface area contributed by atoms with Gasteiger partial charge in [-0.15, -0.1) is 0 Å². The number of para-hydroxylation sites is 2. The van der Waals surface area contributed by atoms with E-state index in [1.54, 1.807) is 0 Å². The summed E-state index contributed by atoms with van der Waals surface area (Å²) < 4.78 is 23.4. The molecule has 1 amide bonds. The molecule has 2 heterocycles. The van der Waals surface area contributed by atoms with Crippen molar-refractivity contribution in [2.45, 2.75) is 45.9 Å². The number of ether oxygens (including phenoxy) is 4. The molecule has 2 aliphatic rings. The Morgan fingerprint density at radius 2 is 1.66 bits per heavy atom. The highest BCUT2D eigenvalue weighted by molar-refractivity contribution is 5.82. The lowest BCUT2D eigenvalue weighted by Crippen LogP contribution is -2.51. The quantitative estimate of drug-likeness (QED) is 0.772. The predicted molar refractivity (Wildman–Crippen MR) is 109 cm³/mol. The van der Waals surface area contributed by atoms with Gasteiger partial charge >= 0.3 is 0 Å². The normalized spacial score (nSPS) is 20.0. The van der Waals surface area contributed by atoms with Gasteiger partial charge in [-0.1, -0.05) is 12.1 Å². The molecule has 2 aliphatic heterocycles. The van der Waals surface area contributed by atoms with Crippen molar-refractivity contribution in [3.63, 3.8) is 0 Å². The van der Waals surface area contributed by atoms with Gasteiger partial charge in [-0.3, -0.25) is 4.79 Å². The largest absolute Gasteiger partial charge is 0.490 e. The minimum absolute atomic E-state index is 0.0514. The van der Waals surface area contributed by atoms with Crippen molar-refractivity contribution in [1.82, 2.24) is 4.90 Å². The van der Waals surface area contributed by atoms with Gasteiger partial charge in [0.05, 0.1) is 13.2 Å². The van der Waals surface area contributed by atoms with Gasteiger partial charge in [0.1, 0.15) is 6.10 Å². The maximum absolute atomic E-state index is 13.2. The van der Waals surface area contributed by atoms with Crippen LogP contribution in [-0.2, 0) is 17.8 Å². The molecule has 6 nitrogen and oxygen atoms in total. The molecule has 0 saturated heterocycles. The highest BCUT2D eigenvalue weighted by Crippen LogP contribution is 2.36. The number of fused-ring (bicyclic) bond motifs is 2. The summed E-state index contributed by atoms with van der Waals surface area (Å²) in [6.45, 7) is 8.09. The number of rotatable bonds is 5. The van der Waals surface area contributed by atoms with Crippen LogP contribution in [0.3, 0.4) is 0 Å². The molecule has 4 rings (SSSR count). The molecule has 2 aromatic rings. The number of hydrogen-bond acceptors (Lipinski definition) is 5. The number of carbonyl (C=O) groups excluding carboxylic acids is 1. The molecule has 29 heavy (non-hydrogen) atoms. The van der Waals surface area contributed by atoms with Crippen LogP contribution in [0, 0.1) is 0 Å². The van der Waals surface area contributed by atoms with Crippen molar-refractivity contribution in [3.8, 4) is 23.0 Å². The van der Waals surface area contributed by atoms with E-state index in [-0.39, 0.29) is 12.0 Å². The fourth-order valence-electron chi connectivity index (χ4n) is 3.86. The summed E-state index contributed by atoms with van der Waals surface area (Å²) in [4.78, 5) is 15.1. The summed E-state index contributed by atoms with van der Waals surface area (Å²) in [6, 6.07) is 11.5. The molecule has 0 aromatic heterocycles. The lowest BCUT2D eigenvalue weighted by molar-refractivity contribution is -0.145. The topological polar surface area (TPSA) is 57.2 Å². The first kappa shape index (κ1) is 19.4. The van der Waals surface area contributed by atoms with Gasteiger partial charge in [0.15, 0.2) is 23.0 Å². The smallest absolute Gasteiger partial charge is 0.267 e. The fourth-order valence-corrected chi connectivity index (χ4v) is 3.86. The van der Waals surface area contributed by atoms with Crippen LogP contribution in [0.4, 0.5) is 0 Å². The highest BCUT2D eigenvalue weighted by atomic mass is 16.6. The van der Waals surface area contributed by atoms with Gasteiger partial charge in [-0.25, -0.2) is 0 Å². The van der Waals surface area contributed by atoms with Gasteiger partial charge in [0.2, 0.25) is 6.10 Å². The minimum Gasteiger partial charge on any atom is -0.490 e. The van der Waals surface area contributed by atoms with E-state index in [1.807, 2.05) is 62.1 Å². The Hall–Kier alpha value is -2.89. The number of hydrogen-bond donors (Lipinski definition) is 0. The first-order valence-corrected chi connectivity index (χ1v) is 10.2. The standard InChI is InChI=1S/C23H27NO5/c1-4-26-20-12-16-10-11-24(14-17(16)13-21(20)27-5-2)23(25)22-15(3)28-18-8-6-7-9-19(18)29-22/h6-9,12-13,15,22H,4-5,10-11,14H2,1-3H3. The Morgan fingerprint density at radius 3 is 2.31 bits per heavy atom. The van der Waals surface area contributed by atoms with Crippen LogP contribution in [-0.4, -0.2) is 42.8 Å². The Labute approximate surface area is 171 Å². The SMILES string of the molecule is CCOc1cc2c(cc1OCC)CN(C(=O)C1Oc3ccccc3OC1C)CC2. The van der Waals surface area contributed by atoms with E-state index >= 15 is 0 Å². The summed E-state index contributed by atoms with van der Waals surface area (Å²) in [5, 5.41) is 0. The molecule has 0 spiro atoms. The fraction of sp³-hybridized carbons (Fsp3) is 0.435. The van der Waals surface area contributed by atoms with Crippen molar-refractivity contribution in [2.24, 2.45) is 0 Å². The molecule has 0 fully saturated rings. The molecular weight excluding hydrogens is 370 g/mol.